The van der Waals surface area contributed by atoms with E-state index in [9.17, 15) is 9.90 Å². The van der Waals surface area contributed by atoms with E-state index in [0.717, 1.165) is 26.1 Å². The minimum Gasteiger partial charge on any atom is -0.377 e. The summed E-state index contributed by atoms with van der Waals surface area (Å²) < 4.78 is 0. The molecule has 0 aliphatic rings. The van der Waals surface area contributed by atoms with Gasteiger partial charge in [0.25, 0.3) is 0 Å². The van der Waals surface area contributed by atoms with Gasteiger partial charge in [-0.25, -0.2) is 4.79 Å². The lowest BCUT2D eigenvalue weighted by atomic mass is 10.00. The van der Waals surface area contributed by atoms with Crippen LogP contribution in [0.25, 0.3) is 10.8 Å². The van der Waals surface area contributed by atoms with Crippen molar-refractivity contribution in [3.63, 3.8) is 0 Å². The molecule has 0 saturated carbocycles. The van der Waals surface area contributed by atoms with Gasteiger partial charge in [-0.05, 0) is 39.2 Å². The molecule has 0 unspecified atom stereocenters. The number of amides is 2. The first-order valence-corrected chi connectivity index (χ1v) is 10.7. The van der Waals surface area contributed by atoms with Crippen LogP contribution < -0.4 is 10.6 Å². The third-order valence-electron chi connectivity index (χ3n) is 4.68. The van der Waals surface area contributed by atoms with Gasteiger partial charge in [-0.1, -0.05) is 54.6 Å². The summed E-state index contributed by atoms with van der Waals surface area (Å²) in [7, 11) is 0. The molecule has 0 fully saturated rings. The predicted molar refractivity (Wildman–Crippen MR) is 116 cm³/mol. The Hall–Kier alpha value is -2.67. The van der Waals surface area contributed by atoms with E-state index in [1.807, 2.05) is 59.3 Å². The monoisotopic (exact) mass is 408 g/mol. The van der Waals surface area contributed by atoms with Crippen molar-refractivity contribution < 1.29 is 9.90 Å². The predicted octanol–water partition coefficient (Wildman–Crippen LogP) is 4.70. The van der Waals surface area contributed by atoms with Gasteiger partial charge < -0.3 is 15.7 Å². The number of hydrogen-bond donors (Lipinski definition) is 3. The Morgan fingerprint density at radius 1 is 0.857 bits per heavy atom. The molecule has 0 radical (unpaired) electrons. The smallest absolute Gasteiger partial charge is 0.315 e. The first kappa shape index (κ1) is 18.7. The number of carbonyl (C=O) groups is 1. The first-order chi connectivity index (χ1) is 13.7. The molecule has 4 nitrogen and oxygen atoms in total. The summed E-state index contributed by atoms with van der Waals surface area (Å²) in [5.74, 6) is 0. The summed E-state index contributed by atoms with van der Waals surface area (Å²) in [6.07, 6.45) is 0. The fraction of sp³-hybridized carbons (Fsp3) is 0.136. The summed E-state index contributed by atoms with van der Waals surface area (Å²) in [4.78, 5) is 14.0. The van der Waals surface area contributed by atoms with Gasteiger partial charge >= 0.3 is 6.03 Å². The van der Waals surface area contributed by atoms with Gasteiger partial charge in [0.15, 0.2) is 5.60 Å². The fourth-order valence-electron chi connectivity index (χ4n) is 3.22. The van der Waals surface area contributed by atoms with Gasteiger partial charge in [0, 0.05) is 16.3 Å². The van der Waals surface area contributed by atoms with E-state index in [4.69, 9.17) is 0 Å². The van der Waals surface area contributed by atoms with Crippen molar-refractivity contribution >= 4 is 39.5 Å². The van der Waals surface area contributed by atoms with E-state index in [1.54, 1.807) is 0 Å². The molecule has 0 aliphatic heterocycles. The van der Waals surface area contributed by atoms with Crippen molar-refractivity contribution in [2.75, 3.05) is 6.54 Å². The zero-order chi connectivity index (χ0) is 19.4. The van der Waals surface area contributed by atoms with Crippen molar-refractivity contribution in [1.82, 2.24) is 10.6 Å². The number of benzene rings is 2. The third kappa shape index (κ3) is 3.80. The standard InChI is InChI=1S/C22H20N2O2S2/c25-21(23-14-17-8-3-7-16-6-1-2-9-18(16)17)24-15-22(26,19-10-4-12-27-19)20-11-5-13-28-20/h1-13,26H,14-15H2,(H2,23,24,25). The lowest BCUT2D eigenvalue weighted by Crippen LogP contribution is -2.44. The normalized spacial score (nSPS) is 11.5. The average Bonchev–Trinajstić information content (AvgIpc) is 3.45. The molecular formula is C22H20N2O2S2. The van der Waals surface area contributed by atoms with Crippen molar-refractivity contribution in [2.24, 2.45) is 0 Å². The molecule has 4 rings (SSSR count). The van der Waals surface area contributed by atoms with Gasteiger partial charge in [0.05, 0.1) is 6.54 Å². The second kappa shape index (κ2) is 8.14. The van der Waals surface area contributed by atoms with Crippen LogP contribution in [0.2, 0.25) is 0 Å². The number of thiophene rings is 2. The maximum Gasteiger partial charge on any atom is 0.315 e. The Kier molecular flexibility index (Phi) is 5.43. The quantitative estimate of drug-likeness (QED) is 0.433. The molecule has 6 heteroatoms. The summed E-state index contributed by atoms with van der Waals surface area (Å²) in [6, 6.07) is 21.4. The molecule has 0 aliphatic carbocycles. The van der Waals surface area contributed by atoms with Crippen molar-refractivity contribution in [3.05, 3.63) is 92.8 Å². The highest BCUT2D eigenvalue weighted by Gasteiger charge is 2.34. The van der Waals surface area contributed by atoms with Crippen LogP contribution in [-0.4, -0.2) is 17.7 Å². The minimum absolute atomic E-state index is 0.107. The Bertz CT molecular complexity index is 1020. The summed E-state index contributed by atoms with van der Waals surface area (Å²) >= 11 is 2.95. The van der Waals surface area contributed by atoms with E-state index >= 15 is 0 Å². The fourth-order valence-corrected chi connectivity index (χ4v) is 4.96. The van der Waals surface area contributed by atoms with Crippen molar-refractivity contribution in [3.8, 4) is 0 Å². The Morgan fingerprint density at radius 2 is 1.54 bits per heavy atom. The molecule has 0 bridgehead atoms. The number of carbonyl (C=O) groups excluding carboxylic acids is 1. The number of hydrogen-bond acceptors (Lipinski definition) is 4. The maximum absolute atomic E-state index is 12.4. The van der Waals surface area contributed by atoms with Crippen molar-refractivity contribution in [1.29, 1.82) is 0 Å². The van der Waals surface area contributed by atoms with Gasteiger partial charge in [-0.15, -0.1) is 22.7 Å². The summed E-state index contributed by atoms with van der Waals surface area (Å²) in [5, 5.41) is 23.1. The number of fused-ring (bicyclic) bond motifs is 1. The Morgan fingerprint density at radius 3 is 2.21 bits per heavy atom. The molecule has 4 aromatic rings. The van der Waals surface area contributed by atoms with Gasteiger partial charge in [0.1, 0.15) is 0 Å². The number of aliphatic hydroxyl groups is 1. The third-order valence-corrected chi connectivity index (χ3v) is 6.72. The van der Waals surface area contributed by atoms with Crippen LogP contribution in [0.1, 0.15) is 15.3 Å². The summed E-state index contributed by atoms with van der Waals surface area (Å²) in [6.45, 7) is 0.527. The van der Waals surface area contributed by atoms with Crippen LogP contribution in [0.4, 0.5) is 4.79 Å². The molecule has 28 heavy (non-hydrogen) atoms. The molecule has 0 spiro atoms. The van der Waals surface area contributed by atoms with Crippen molar-refractivity contribution in [2.45, 2.75) is 12.1 Å². The second-order valence-corrected chi connectivity index (χ2v) is 8.38. The highest BCUT2D eigenvalue weighted by atomic mass is 32.1. The average molecular weight is 409 g/mol. The van der Waals surface area contributed by atoms with Crippen LogP contribution in [0, 0.1) is 0 Å². The summed E-state index contributed by atoms with van der Waals surface area (Å²) in [5.41, 5.74) is -0.168. The largest absolute Gasteiger partial charge is 0.377 e. The maximum atomic E-state index is 12.4. The van der Waals surface area contributed by atoms with Crippen LogP contribution in [-0.2, 0) is 12.1 Å². The van der Waals surface area contributed by atoms with Gasteiger partial charge in [0.2, 0.25) is 0 Å². The van der Waals surface area contributed by atoms with Crippen LogP contribution in [0.5, 0.6) is 0 Å². The van der Waals surface area contributed by atoms with E-state index in [0.29, 0.717) is 6.54 Å². The van der Waals surface area contributed by atoms with E-state index < -0.39 is 5.60 Å². The number of rotatable bonds is 6. The number of nitrogens with one attached hydrogen (secondary N) is 2. The zero-order valence-corrected chi connectivity index (χ0v) is 16.7. The van der Waals surface area contributed by atoms with E-state index in [1.165, 1.54) is 22.7 Å². The highest BCUT2D eigenvalue weighted by molar-refractivity contribution is 7.11. The Labute approximate surface area is 171 Å². The first-order valence-electron chi connectivity index (χ1n) is 8.95. The molecule has 142 valence electrons. The molecule has 0 atom stereocenters. The topological polar surface area (TPSA) is 61.4 Å². The lowest BCUT2D eigenvalue weighted by molar-refractivity contribution is 0.0896. The molecule has 2 heterocycles. The zero-order valence-electron chi connectivity index (χ0n) is 15.1. The second-order valence-electron chi connectivity index (χ2n) is 6.49. The highest BCUT2D eigenvalue weighted by Crippen LogP contribution is 2.34. The van der Waals surface area contributed by atoms with E-state index in [-0.39, 0.29) is 12.6 Å². The molecular weight excluding hydrogens is 388 g/mol. The SMILES string of the molecule is O=C(NCc1cccc2ccccc12)NCC(O)(c1cccs1)c1cccs1. The van der Waals surface area contributed by atoms with Crippen LogP contribution in [0.3, 0.4) is 0 Å². The molecule has 3 N–H and O–H groups in total. The molecule has 0 saturated heterocycles. The molecule has 2 amide bonds. The van der Waals surface area contributed by atoms with Crippen LogP contribution in [0.15, 0.2) is 77.5 Å². The van der Waals surface area contributed by atoms with Gasteiger partial charge in [-0.2, -0.15) is 0 Å². The number of urea groups is 1. The molecule has 2 aromatic heterocycles. The lowest BCUT2D eigenvalue weighted by Gasteiger charge is -2.26. The van der Waals surface area contributed by atoms with Crippen LogP contribution >= 0.6 is 22.7 Å². The van der Waals surface area contributed by atoms with E-state index in [2.05, 4.69) is 28.8 Å². The van der Waals surface area contributed by atoms with Gasteiger partial charge in [-0.3, -0.25) is 0 Å². The minimum atomic E-state index is -1.22. The Balaban J connectivity index is 1.43. The molecule has 2 aromatic carbocycles.